The van der Waals surface area contributed by atoms with E-state index in [1.54, 1.807) is 0 Å². The molecule has 6 nitrogen and oxygen atoms in total. The third-order valence-corrected chi connectivity index (χ3v) is 6.11. The molecule has 0 aliphatic heterocycles. The van der Waals surface area contributed by atoms with Gasteiger partial charge in [-0.15, -0.1) is 0 Å². The summed E-state index contributed by atoms with van der Waals surface area (Å²) in [5.41, 5.74) is 5.59. The van der Waals surface area contributed by atoms with Gasteiger partial charge in [0.2, 0.25) is 0 Å². The van der Waals surface area contributed by atoms with Gasteiger partial charge in [0.05, 0.1) is 51.8 Å². The van der Waals surface area contributed by atoms with Crippen LogP contribution in [0.3, 0.4) is 0 Å². The van der Waals surface area contributed by atoms with Gasteiger partial charge < -0.3 is 30.0 Å². The van der Waals surface area contributed by atoms with Crippen molar-refractivity contribution < 1.29 is 18.9 Å². The fourth-order valence-electron chi connectivity index (χ4n) is 5.44. The lowest BCUT2D eigenvalue weighted by Crippen LogP contribution is -2.52. The topological polar surface area (TPSA) is 75.0 Å². The van der Waals surface area contributed by atoms with Crippen LogP contribution in [0, 0.1) is 17.8 Å². The van der Waals surface area contributed by atoms with Crippen LogP contribution in [0.5, 0.6) is 0 Å². The Morgan fingerprint density at radius 3 is 1.73 bits per heavy atom. The zero-order valence-electron chi connectivity index (χ0n) is 16.3. The predicted molar refractivity (Wildman–Crippen MR) is 101 cm³/mol. The Balaban J connectivity index is 1.11. The Bertz CT molecular complexity index is 359. The summed E-state index contributed by atoms with van der Waals surface area (Å²) in [6.45, 7) is 6.92. The van der Waals surface area contributed by atoms with E-state index in [1.807, 2.05) is 0 Å². The van der Waals surface area contributed by atoms with E-state index >= 15 is 0 Å². The number of nitrogens with one attached hydrogen (secondary N) is 1. The van der Waals surface area contributed by atoms with Crippen LogP contribution in [-0.4, -0.2) is 71.5 Å². The maximum atomic E-state index is 6.34. The zero-order valence-corrected chi connectivity index (χ0v) is 16.3. The van der Waals surface area contributed by atoms with Crippen molar-refractivity contribution in [1.82, 2.24) is 5.32 Å². The first-order valence-electron chi connectivity index (χ1n) is 10.6. The molecule has 4 aliphatic carbocycles. The van der Waals surface area contributed by atoms with Crippen molar-refractivity contribution in [2.45, 2.75) is 44.1 Å². The molecule has 4 saturated carbocycles. The molecule has 4 aliphatic rings. The molecule has 4 fully saturated rings. The van der Waals surface area contributed by atoms with Crippen LogP contribution in [0.1, 0.15) is 38.5 Å². The van der Waals surface area contributed by atoms with E-state index in [9.17, 15) is 0 Å². The summed E-state index contributed by atoms with van der Waals surface area (Å²) in [4.78, 5) is 0. The molecule has 152 valence electrons. The molecule has 3 N–H and O–H groups in total. The van der Waals surface area contributed by atoms with Crippen molar-refractivity contribution in [2.24, 2.45) is 23.5 Å². The highest BCUT2D eigenvalue weighted by molar-refractivity contribution is 5.03. The van der Waals surface area contributed by atoms with Gasteiger partial charge in [-0.2, -0.15) is 0 Å². The maximum absolute atomic E-state index is 6.34. The van der Waals surface area contributed by atoms with E-state index in [2.05, 4.69) is 5.32 Å². The Kier molecular flexibility index (Phi) is 8.62. The lowest BCUT2D eigenvalue weighted by Gasteiger charge is -2.56. The SMILES string of the molecule is NCCNCCOCCOCCOCCOC12CC3CC(CC(C3)C1)C2. The summed E-state index contributed by atoms with van der Waals surface area (Å²) >= 11 is 0. The van der Waals surface area contributed by atoms with Crippen molar-refractivity contribution >= 4 is 0 Å². The molecule has 6 heteroatoms. The fraction of sp³-hybridized carbons (Fsp3) is 1.00. The molecule has 0 amide bonds. The summed E-state index contributed by atoms with van der Waals surface area (Å²) in [5, 5.41) is 3.18. The molecule has 4 bridgehead atoms. The van der Waals surface area contributed by atoms with E-state index in [0.717, 1.165) is 37.5 Å². The molecule has 0 radical (unpaired) electrons. The number of rotatable bonds is 15. The molecule has 0 aromatic rings. The van der Waals surface area contributed by atoms with Crippen molar-refractivity contribution in [3.63, 3.8) is 0 Å². The van der Waals surface area contributed by atoms with Gasteiger partial charge in [0.15, 0.2) is 0 Å². The molecular formula is C20H38N2O4. The zero-order chi connectivity index (χ0) is 18.1. The van der Waals surface area contributed by atoms with E-state index < -0.39 is 0 Å². The van der Waals surface area contributed by atoms with Crippen LogP contribution in [0.15, 0.2) is 0 Å². The van der Waals surface area contributed by atoms with Crippen molar-refractivity contribution in [3.05, 3.63) is 0 Å². The van der Waals surface area contributed by atoms with Crippen LogP contribution in [-0.2, 0) is 18.9 Å². The molecule has 26 heavy (non-hydrogen) atoms. The highest BCUT2D eigenvalue weighted by Crippen LogP contribution is 2.57. The Labute approximate surface area is 158 Å². The summed E-state index contributed by atoms with van der Waals surface area (Å²) < 4.78 is 23.0. The third kappa shape index (κ3) is 6.43. The standard InChI is InChI=1S/C20H38N2O4/c21-1-2-22-3-4-23-5-6-24-7-8-25-9-10-26-20-14-17-11-18(15-20)13-19(12-17)16-20/h17-19,22H,1-16,21H2. The quantitative estimate of drug-likeness (QED) is 0.426. The van der Waals surface area contributed by atoms with Crippen LogP contribution >= 0.6 is 0 Å². The Morgan fingerprint density at radius 2 is 1.19 bits per heavy atom. The van der Waals surface area contributed by atoms with E-state index in [-0.39, 0.29) is 5.60 Å². The highest BCUT2D eigenvalue weighted by atomic mass is 16.6. The van der Waals surface area contributed by atoms with Gasteiger partial charge in [0.1, 0.15) is 0 Å². The number of hydrogen-bond donors (Lipinski definition) is 2. The van der Waals surface area contributed by atoms with Gasteiger partial charge in [0, 0.05) is 19.6 Å². The van der Waals surface area contributed by atoms with Gasteiger partial charge in [-0.1, -0.05) is 0 Å². The Hall–Kier alpha value is -0.240. The highest BCUT2D eigenvalue weighted by Gasteiger charge is 2.51. The largest absolute Gasteiger partial charge is 0.378 e. The second kappa shape index (κ2) is 10.9. The normalized spacial score (nSPS) is 32.4. The molecule has 0 aromatic carbocycles. The molecule has 0 saturated heterocycles. The first-order chi connectivity index (χ1) is 12.8. The fourth-order valence-corrected chi connectivity index (χ4v) is 5.44. The minimum Gasteiger partial charge on any atom is -0.378 e. The second-order valence-corrected chi connectivity index (χ2v) is 8.32. The van der Waals surface area contributed by atoms with Gasteiger partial charge in [-0.3, -0.25) is 0 Å². The average Bonchev–Trinajstić information content (AvgIpc) is 2.61. The molecule has 0 heterocycles. The number of hydrogen-bond acceptors (Lipinski definition) is 6. The Morgan fingerprint density at radius 1 is 0.692 bits per heavy atom. The molecule has 0 unspecified atom stereocenters. The molecule has 4 rings (SSSR count). The first kappa shape index (κ1) is 20.5. The number of nitrogens with two attached hydrogens (primary N) is 1. The van der Waals surface area contributed by atoms with Crippen LogP contribution < -0.4 is 11.1 Å². The molecule has 0 spiro atoms. The van der Waals surface area contributed by atoms with Crippen LogP contribution in [0.2, 0.25) is 0 Å². The summed E-state index contributed by atoms with van der Waals surface area (Å²) in [5.74, 6) is 2.82. The molecular weight excluding hydrogens is 332 g/mol. The summed E-state index contributed by atoms with van der Waals surface area (Å²) in [7, 11) is 0. The summed E-state index contributed by atoms with van der Waals surface area (Å²) in [6, 6.07) is 0. The van der Waals surface area contributed by atoms with Gasteiger partial charge in [-0.05, 0) is 56.3 Å². The summed E-state index contributed by atoms with van der Waals surface area (Å²) in [6.07, 6.45) is 8.27. The lowest BCUT2D eigenvalue weighted by molar-refractivity contribution is -0.169. The monoisotopic (exact) mass is 370 g/mol. The lowest BCUT2D eigenvalue weighted by atomic mass is 9.54. The average molecular weight is 371 g/mol. The van der Waals surface area contributed by atoms with Gasteiger partial charge in [-0.25, -0.2) is 0 Å². The third-order valence-electron chi connectivity index (χ3n) is 6.11. The molecule has 0 aromatic heterocycles. The maximum Gasteiger partial charge on any atom is 0.0708 e. The predicted octanol–water partition coefficient (Wildman–Crippen LogP) is 1.57. The number of ether oxygens (including phenoxy) is 4. The van der Waals surface area contributed by atoms with Crippen LogP contribution in [0.25, 0.3) is 0 Å². The smallest absolute Gasteiger partial charge is 0.0708 e. The van der Waals surface area contributed by atoms with Crippen molar-refractivity contribution in [2.75, 3.05) is 65.9 Å². The van der Waals surface area contributed by atoms with E-state index in [0.29, 0.717) is 46.2 Å². The van der Waals surface area contributed by atoms with Crippen LogP contribution in [0.4, 0.5) is 0 Å². The first-order valence-corrected chi connectivity index (χ1v) is 10.6. The molecule has 0 atom stereocenters. The van der Waals surface area contributed by atoms with Crippen molar-refractivity contribution in [1.29, 1.82) is 0 Å². The van der Waals surface area contributed by atoms with Gasteiger partial charge >= 0.3 is 0 Å². The van der Waals surface area contributed by atoms with E-state index in [1.165, 1.54) is 38.5 Å². The van der Waals surface area contributed by atoms with Gasteiger partial charge in [0.25, 0.3) is 0 Å². The minimum atomic E-state index is 0.199. The second-order valence-electron chi connectivity index (χ2n) is 8.32. The van der Waals surface area contributed by atoms with E-state index in [4.69, 9.17) is 24.7 Å². The minimum absolute atomic E-state index is 0.199. The van der Waals surface area contributed by atoms with Crippen molar-refractivity contribution in [3.8, 4) is 0 Å².